The molecule has 0 aromatic heterocycles. The number of amides is 2. The zero-order valence-corrected chi connectivity index (χ0v) is 12.0. The summed E-state index contributed by atoms with van der Waals surface area (Å²) >= 11 is 0. The minimum absolute atomic E-state index is 0.0859. The fourth-order valence-electron chi connectivity index (χ4n) is 4.03. The van der Waals surface area contributed by atoms with Crippen LogP contribution in [-0.2, 0) is 14.4 Å². The maximum Gasteiger partial charge on any atom is 0.306 e. The minimum Gasteiger partial charge on any atom is -0.481 e. The number of nitrogens with zero attached hydrogens (tertiary/aromatic N) is 1. The molecule has 0 radical (unpaired) electrons. The molecule has 114 valence electrons. The van der Waals surface area contributed by atoms with E-state index < -0.39 is 11.9 Å². The topological polar surface area (TPSA) is 74.7 Å². The summed E-state index contributed by atoms with van der Waals surface area (Å²) in [6.07, 6.45) is 8.57. The summed E-state index contributed by atoms with van der Waals surface area (Å²) in [4.78, 5) is 37.6. The third-order valence-electron chi connectivity index (χ3n) is 5.24. The number of carboxylic acids is 1. The van der Waals surface area contributed by atoms with Gasteiger partial charge in [0.05, 0.1) is 17.8 Å². The number of imide groups is 1. The number of carboxylic acid groups (broad SMARTS) is 1. The lowest BCUT2D eigenvalue weighted by atomic mass is 9.79. The molecule has 3 rings (SSSR count). The van der Waals surface area contributed by atoms with Crippen LogP contribution in [0.3, 0.4) is 0 Å². The highest BCUT2D eigenvalue weighted by Crippen LogP contribution is 2.38. The Morgan fingerprint density at radius 1 is 1.10 bits per heavy atom. The van der Waals surface area contributed by atoms with Crippen molar-refractivity contribution in [3.8, 4) is 0 Å². The van der Waals surface area contributed by atoms with E-state index in [2.05, 4.69) is 0 Å². The van der Waals surface area contributed by atoms with Crippen molar-refractivity contribution in [3.05, 3.63) is 12.2 Å². The van der Waals surface area contributed by atoms with Crippen LogP contribution < -0.4 is 0 Å². The maximum absolute atomic E-state index is 12.4. The van der Waals surface area contributed by atoms with Crippen molar-refractivity contribution in [2.75, 3.05) is 6.54 Å². The van der Waals surface area contributed by atoms with E-state index in [0.717, 1.165) is 19.3 Å². The van der Waals surface area contributed by atoms with Crippen LogP contribution >= 0.6 is 0 Å². The Morgan fingerprint density at radius 3 is 2.24 bits per heavy atom. The number of aliphatic carboxylic acids is 1. The van der Waals surface area contributed by atoms with E-state index >= 15 is 0 Å². The molecule has 2 fully saturated rings. The number of allylic oxidation sites excluding steroid dienone is 2. The lowest BCUT2D eigenvalue weighted by Crippen LogP contribution is -2.40. The maximum atomic E-state index is 12.4. The molecule has 4 atom stereocenters. The molecule has 0 spiro atoms. The van der Waals surface area contributed by atoms with Crippen LogP contribution in [0.5, 0.6) is 0 Å². The molecule has 0 bridgehead atoms. The second-order valence-electron chi connectivity index (χ2n) is 6.43. The Bertz CT molecular complexity index is 473. The molecule has 5 heteroatoms. The molecule has 5 nitrogen and oxygen atoms in total. The van der Waals surface area contributed by atoms with Crippen molar-refractivity contribution in [3.63, 3.8) is 0 Å². The van der Waals surface area contributed by atoms with Crippen LogP contribution in [0.4, 0.5) is 0 Å². The van der Waals surface area contributed by atoms with Gasteiger partial charge < -0.3 is 5.11 Å². The van der Waals surface area contributed by atoms with Crippen LogP contribution in [0, 0.1) is 23.7 Å². The summed E-state index contributed by atoms with van der Waals surface area (Å²) in [6, 6.07) is 0. The first-order chi connectivity index (χ1) is 10.1. The SMILES string of the molecule is O=C(O)C1CCCCC1CN1C(=O)[C@H]2CC=CC[C@H]2C1=O. The van der Waals surface area contributed by atoms with Crippen LogP contribution in [-0.4, -0.2) is 34.3 Å². The second kappa shape index (κ2) is 5.62. The Hall–Kier alpha value is -1.65. The zero-order valence-electron chi connectivity index (χ0n) is 12.0. The number of rotatable bonds is 3. The number of fused-ring (bicyclic) bond motifs is 1. The molecule has 1 saturated heterocycles. The quantitative estimate of drug-likeness (QED) is 0.636. The molecule has 2 aliphatic carbocycles. The average Bonchev–Trinajstić information content (AvgIpc) is 2.73. The first-order valence-corrected chi connectivity index (χ1v) is 7.82. The van der Waals surface area contributed by atoms with E-state index in [1.54, 1.807) is 0 Å². The molecule has 21 heavy (non-hydrogen) atoms. The Balaban J connectivity index is 1.73. The van der Waals surface area contributed by atoms with Crippen LogP contribution in [0.15, 0.2) is 12.2 Å². The van der Waals surface area contributed by atoms with Gasteiger partial charge in [-0.2, -0.15) is 0 Å². The molecule has 1 saturated carbocycles. The summed E-state index contributed by atoms with van der Waals surface area (Å²) in [5.74, 6) is -1.91. The van der Waals surface area contributed by atoms with Crippen molar-refractivity contribution in [1.29, 1.82) is 0 Å². The minimum atomic E-state index is -0.794. The Kier molecular flexibility index (Phi) is 3.83. The molecule has 1 heterocycles. The molecular weight excluding hydrogens is 270 g/mol. The molecule has 0 aromatic rings. The smallest absolute Gasteiger partial charge is 0.306 e. The van der Waals surface area contributed by atoms with Gasteiger partial charge in [-0.05, 0) is 31.6 Å². The van der Waals surface area contributed by atoms with Crippen LogP contribution in [0.1, 0.15) is 38.5 Å². The second-order valence-corrected chi connectivity index (χ2v) is 6.43. The summed E-state index contributed by atoms with van der Waals surface area (Å²) in [5, 5.41) is 9.32. The van der Waals surface area contributed by atoms with Gasteiger partial charge in [0.15, 0.2) is 0 Å². The van der Waals surface area contributed by atoms with E-state index in [0.29, 0.717) is 25.8 Å². The first kappa shape index (κ1) is 14.3. The number of carbonyl (C=O) groups excluding carboxylic acids is 2. The van der Waals surface area contributed by atoms with Crippen molar-refractivity contribution < 1.29 is 19.5 Å². The highest BCUT2D eigenvalue weighted by Gasteiger charge is 2.48. The van der Waals surface area contributed by atoms with Gasteiger partial charge in [-0.25, -0.2) is 0 Å². The van der Waals surface area contributed by atoms with Gasteiger partial charge in [0.1, 0.15) is 0 Å². The highest BCUT2D eigenvalue weighted by molar-refractivity contribution is 6.05. The average molecular weight is 291 g/mol. The molecule has 2 unspecified atom stereocenters. The molecular formula is C16H21NO4. The van der Waals surface area contributed by atoms with Gasteiger partial charge in [0.25, 0.3) is 0 Å². The van der Waals surface area contributed by atoms with Gasteiger partial charge >= 0.3 is 5.97 Å². The lowest BCUT2D eigenvalue weighted by Gasteiger charge is -2.31. The molecule has 2 amide bonds. The van der Waals surface area contributed by atoms with E-state index in [4.69, 9.17) is 0 Å². The fourth-order valence-corrected chi connectivity index (χ4v) is 4.03. The van der Waals surface area contributed by atoms with Crippen molar-refractivity contribution in [2.45, 2.75) is 38.5 Å². The number of likely N-dealkylation sites (tertiary alicyclic amines) is 1. The predicted octanol–water partition coefficient (Wildman–Crippen LogP) is 1.83. The van der Waals surface area contributed by atoms with E-state index in [1.807, 2.05) is 12.2 Å². The van der Waals surface area contributed by atoms with Crippen molar-refractivity contribution in [1.82, 2.24) is 4.90 Å². The lowest BCUT2D eigenvalue weighted by molar-refractivity contribution is -0.148. The van der Waals surface area contributed by atoms with Gasteiger partial charge in [0, 0.05) is 6.54 Å². The fraction of sp³-hybridized carbons (Fsp3) is 0.688. The number of hydrogen-bond donors (Lipinski definition) is 1. The van der Waals surface area contributed by atoms with Gasteiger partial charge in [-0.15, -0.1) is 0 Å². The third kappa shape index (κ3) is 2.49. The normalized spacial score (nSPS) is 35.9. The molecule has 1 aliphatic heterocycles. The summed E-state index contributed by atoms with van der Waals surface area (Å²) < 4.78 is 0. The van der Waals surface area contributed by atoms with E-state index in [1.165, 1.54) is 4.90 Å². The third-order valence-corrected chi connectivity index (χ3v) is 5.24. The van der Waals surface area contributed by atoms with Gasteiger partial charge in [-0.1, -0.05) is 25.0 Å². The van der Waals surface area contributed by atoms with Crippen LogP contribution in [0.25, 0.3) is 0 Å². The molecule has 1 N–H and O–H groups in total. The monoisotopic (exact) mass is 291 g/mol. The standard InChI is InChI=1S/C16H21NO4/c18-14-12-7-3-4-8-13(12)15(19)17(14)9-10-5-1-2-6-11(10)16(20)21/h3-4,10-13H,1-2,5-9H2,(H,20,21)/t10?,11?,12-,13+. The summed E-state index contributed by atoms with van der Waals surface area (Å²) in [6.45, 7) is 0.293. The largest absolute Gasteiger partial charge is 0.481 e. The molecule has 0 aromatic carbocycles. The Morgan fingerprint density at radius 2 is 1.67 bits per heavy atom. The van der Waals surface area contributed by atoms with Crippen molar-refractivity contribution in [2.24, 2.45) is 23.7 Å². The Labute approximate surface area is 124 Å². The predicted molar refractivity (Wildman–Crippen MR) is 75.2 cm³/mol. The number of hydrogen-bond acceptors (Lipinski definition) is 3. The highest BCUT2D eigenvalue weighted by atomic mass is 16.4. The summed E-state index contributed by atoms with van der Waals surface area (Å²) in [5.41, 5.74) is 0. The summed E-state index contributed by atoms with van der Waals surface area (Å²) in [7, 11) is 0. The molecule has 3 aliphatic rings. The van der Waals surface area contributed by atoms with Gasteiger partial charge in [0.2, 0.25) is 11.8 Å². The van der Waals surface area contributed by atoms with E-state index in [9.17, 15) is 19.5 Å². The van der Waals surface area contributed by atoms with E-state index in [-0.39, 0.29) is 29.6 Å². The zero-order chi connectivity index (χ0) is 15.0. The first-order valence-electron chi connectivity index (χ1n) is 7.82. The van der Waals surface area contributed by atoms with Crippen molar-refractivity contribution >= 4 is 17.8 Å². The van der Waals surface area contributed by atoms with Gasteiger partial charge in [-0.3, -0.25) is 19.3 Å². The van der Waals surface area contributed by atoms with Crippen LogP contribution in [0.2, 0.25) is 0 Å². The number of carbonyl (C=O) groups is 3.